The maximum Gasteiger partial charge on any atom is 0.303 e. The lowest BCUT2D eigenvalue weighted by Crippen LogP contribution is -2.01. The molecule has 29 heavy (non-hydrogen) atoms. The maximum absolute atomic E-state index is 10.6. The van der Waals surface area contributed by atoms with Crippen molar-refractivity contribution < 1.29 is 9.90 Å². The zero-order chi connectivity index (χ0) is 21.4. The highest BCUT2D eigenvalue weighted by atomic mass is 32.2. The lowest BCUT2D eigenvalue weighted by Gasteiger charge is -2.16. The molecule has 0 amide bonds. The fourth-order valence-electron chi connectivity index (χ4n) is 3.53. The molecular weight excluding hydrogens is 396 g/mol. The number of carboxylic acids is 1. The summed E-state index contributed by atoms with van der Waals surface area (Å²) >= 11 is 4.43. The molecule has 0 aromatic heterocycles. The molecule has 174 valence electrons. The van der Waals surface area contributed by atoms with Crippen LogP contribution in [0.25, 0.3) is 0 Å². The number of carbonyl (C=O) groups is 1. The highest BCUT2D eigenvalue weighted by Gasteiger charge is 2.09. The smallest absolute Gasteiger partial charge is 0.303 e. The predicted octanol–water partition coefficient (Wildman–Crippen LogP) is 9.32. The van der Waals surface area contributed by atoms with Crippen LogP contribution in [-0.2, 0) is 4.79 Å². The molecule has 0 bridgehead atoms. The van der Waals surface area contributed by atoms with Gasteiger partial charge in [-0.3, -0.25) is 4.79 Å². The van der Waals surface area contributed by atoms with E-state index in [-0.39, 0.29) is 0 Å². The van der Waals surface area contributed by atoms with Crippen LogP contribution in [0.5, 0.6) is 0 Å². The van der Waals surface area contributed by atoms with Crippen LogP contribution in [0.1, 0.15) is 136 Å². The van der Waals surface area contributed by atoms with Crippen molar-refractivity contribution in [2.75, 3.05) is 11.5 Å². The van der Waals surface area contributed by atoms with Crippen molar-refractivity contribution in [1.82, 2.24) is 0 Å². The van der Waals surface area contributed by atoms with Gasteiger partial charge in [-0.15, -0.1) is 23.5 Å². The van der Waals surface area contributed by atoms with Gasteiger partial charge in [-0.1, -0.05) is 104 Å². The quantitative estimate of drug-likeness (QED) is 0.118. The van der Waals surface area contributed by atoms with Crippen LogP contribution in [-0.4, -0.2) is 27.2 Å². The van der Waals surface area contributed by atoms with E-state index < -0.39 is 5.97 Å². The van der Waals surface area contributed by atoms with E-state index in [1.807, 2.05) is 0 Å². The topological polar surface area (TPSA) is 37.3 Å². The molecule has 2 nitrogen and oxygen atoms in total. The van der Waals surface area contributed by atoms with Crippen LogP contribution in [0, 0.1) is 0 Å². The van der Waals surface area contributed by atoms with E-state index in [1.54, 1.807) is 0 Å². The van der Waals surface area contributed by atoms with Crippen LogP contribution in [0.4, 0.5) is 0 Å². The first-order valence-electron chi connectivity index (χ1n) is 12.7. The SMILES string of the molecule is CCCCCCCCSC(CCCCCCCC(=O)O)SCCCCCCCC. The van der Waals surface area contributed by atoms with Crippen LogP contribution in [0.3, 0.4) is 0 Å². The molecule has 0 aromatic rings. The van der Waals surface area contributed by atoms with Crippen molar-refractivity contribution in [3.63, 3.8) is 0 Å². The van der Waals surface area contributed by atoms with E-state index >= 15 is 0 Å². The minimum atomic E-state index is -0.651. The molecule has 0 unspecified atom stereocenters. The molecule has 0 fully saturated rings. The van der Waals surface area contributed by atoms with Gasteiger partial charge in [0.25, 0.3) is 0 Å². The van der Waals surface area contributed by atoms with E-state index in [1.165, 1.54) is 114 Å². The lowest BCUT2D eigenvalue weighted by molar-refractivity contribution is -0.137. The Kier molecular flexibility index (Phi) is 24.6. The van der Waals surface area contributed by atoms with Crippen LogP contribution in [0.2, 0.25) is 0 Å². The Morgan fingerprint density at radius 3 is 1.52 bits per heavy atom. The second-order valence-electron chi connectivity index (χ2n) is 8.41. The highest BCUT2D eigenvalue weighted by Crippen LogP contribution is 2.31. The Hall–Kier alpha value is 0.170. The Labute approximate surface area is 191 Å². The van der Waals surface area contributed by atoms with E-state index in [4.69, 9.17) is 5.11 Å². The zero-order valence-corrected chi connectivity index (χ0v) is 21.2. The molecule has 0 saturated carbocycles. The summed E-state index contributed by atoms with van der Waals surface area (Å²) in [6.07, 6.45) is 24.1. The third kappa shape index (κ3) is 24.3. The number of unbranched alkanes of at least 4 members (excludes halogenated alkanes) is 14. The van der Waals surface area contributed by atoms with Crippen molar-refractivity contribution in [1.29, 1.82) is 0 Å². The molecule has 0 rings (SSSR count). The van der Waals surface area contributed by atoms with Crippen molar-refractivity contribution >= 4 is 29.5 Å². The first-order valence-corrected chi connectivity index (χ1v) is 14.8. The first-order chi connectivity index (χ1) is 14.2. The van der Waals surface area contributed by atoms with Crippen LogP contribution >= 0.6 is 23.5 Å². The van der Waals surface area contributed by atoms with Gasteiger partial charge in [0.05, 0.1) is 4.58 Å². The van der Waals surface area contributed by atoms with Gasteiger partial charge in [0.2, 0.25) is 0 Å². The standard InChI is InChI=1S/C25H50O2S2/c1-3-5-7-9-14-18-22-28-25(29-23-19-15-10-8-6-4-2)21-17-13-11-12-16-20-24(26)27/h25H,3-23H2,1-2H3,(H,26,27). The second kappa shape index (κ2) is 24.4. The van der Waals surface area contributed by atoms with Crippen molar-refractivity contribution in [3.8, 4) is 0 Å². The van der Waals surface area contributed by atoms with E-state index in [9.17, 15) is 4.79 Å². The highest BCUT2D eigenvalue weighted by molar-refractivity contribution is 8.17. The zero-order valence-electron chi connectivity index (χ0n) is 19.6. The van der Waals surface area contributed by atoms with Gasteiger partial charge in [0, 0.05) is 6.42 Å². The third-order valence-electron chi connectivity index (χ3n) is 5.43. The Bertz CT molecular complexity index is 319. The number of aliphatic carboxylic acids is 1. The second-order valence-corrected chi connectivity index (χ2v) is 11.3. The molecule has 0 aliphatic heterocycles. The largest absolute Gasteiger partial charge is 0.481 e. The summed E-state index contributed by atoms with van der Waals surface area (Å²) in [5.74, 6) is 2.01. The molecule has 0 radical (unpaired) electrons. The molecule has 0 heterocycles. The summed E-state index contributed by atoms with van der Waals surface area (Å²) in [7, 11) is 0. The van der Waals surface area contributed by atoms with Gasteiger partial charge in [0.15, 0.2) is 0 Å². The summed E-state index contributed by atoms with van der Waals surface area (Å²) < 4.78 is 0.778. The van der Waals surface area contributed by atoms with Gasteiger partial charge in [-0.25, -0.2) is 0 Å². The number of hydrogen-bond acceptors (Lipinski definition) is 3. The summed E-state index contributed by atoms with van der Waals surface area (Å²) in [6, 6.07) is 0. The fraction of sp³-hybridized carbons (Fsp3) is 0.960. The summed E-state index contributed by atoms with van der Waals surface area (Å²) in [6.45, 7) is 4.57. The van der Waals surface area contributed by atoms with Crippen molar-refractivity contribution in [3.05, 3.63) is 0 Å². The number of hydrogen-bond donors (Lipinski definition) is 1. The summed E-state index contributed by atoms with van der Waals surface area (Å²) in [5, 5.41) is 8.71. The molecule has 4 heteroatoms. The number of carboxylic acid groups (broad SMARTS) is 1. The average Bonchev–Trinajstić information content (AvgIpc) is 2.70. The molecule has 0 aromatic carbocycles. The molecule has 0 spiro atoms. The van der Waals surface area contributed by atoms with Crippen LogP contribution in [0.15, 0.2) is 0 Å². The lowest BCUT2D eigenvalue weighted by atomic mass is 10.1. The Morgan fingerprint density at radius 2 is 1.03 bits per heavy atom. The minimum Gasteiger partial charge on any atom is -0.481 e. The molecule has 0 aliphatic rings. The summed E-state index contributed by atoms with van der Waals surface area (Å²) in [4.78, 5) is 10.6. The maximum atomic E-state index is 10.6. The van der Waals surface area contributed by atoms with E-state index in [0.717, 1.165) is 17.4 Å². The van der Waals surface area contributed by atoms with E-state index in [0.29, 0.717) is 6.42 Å². The number of thioether (sulfide) groups is 2. The minimum absolute atomic E-state index is 0.338. The molecule has 0 aliphatic carbocycles. The monoisotopic (exact) mass is 446 g/mol. The van der Waals surface area contributed by atoms with Gasteiger partial charge < -0.3 is 5.11 Å². The normalized spacial score (nSPS) is 11.4. The first kappa shape index (κ1) is 29.2. The summed E-state index contributed by atoms with van der Waals surface area (Å²) in [5.41, 5.74) is 0. The third-order valence-corrected chi connectivity index (χ3v) is 8.51. The van der Waals surface area contributed by atoms with Gasteiger partial charge in [-0.05, 0) is 37.2 Å². The van der Waals surface area contributed by atoms with E-state index in [2.05, 4.69) is 37.4 Å². The molecule has 1 N–H and O–H groups in total. The molecular formula is C25H50O2S2. The number of rotatable bonds is 24. The van der Waals surface area contributed by atoms with Gasteiger partial charge in [-0.2, -0.15) is 0 Å². The predicted molar refractivity (Wildman–Crippen MR) is 135 cm³/mol. The Balaban J connectivity index is 3.84. The van der Waals surface area contributed by atoms with Crippen LogP contribution < -0.4 is 0 Å². The van der Waals surface area contributed by atoms with Gasteiger partial charge >= 0.3 is 5.97 Å². The average molecular weight is 447 g/mol. The Morgan fingerprint density at radius 1 is 0.621 bits per heavy atom. The van der Waals surface area contributed by atoms with Gasteiger partial charge in [0.1, 0.15) is 0 Å². The van der Waals surface area contributed by atoms with Crippen molar-refractivity contribution in [2.24, 2.45) is 0 Å². The van der Waals surface area contributed by atoms with Crippen molar-refractivity contribution in [2.45, 2.75) is 140 Å². The fourth-order valence-corrected chi connectivity index (χ4v) is 6.42. The molecule has 0 atom stereocenters. The molecule has 0 saturated heterocycles.